The smallest absolute Gasteiger partial charge is 0.257 e. The molecule has 1 aliphatic heterocycles. The van der Waals surface area contributed by atoms with Gasteiger partial charge >= 0.3 is 0 Å². The third kappa shape index (κ3) is 1.51. The summed E-state index contributed by atoms with van der Waals surface area (Å²) in [4.78, 5) is 20.9. The molecule has 1 atom stereocenters. The first-order chi connectivity index (χ1) is 9.19. The van der Waals surface area contributed by atoms with Crippen molar-refractivity contribution in [2.75, 3.05) is 6.54 Å². The average molecular weight is 257 g/mol. The molecule has 2 N–H and O–H groups in total. The maximum Gasteiger partial charge on any atom is 0.257 e. The van der Waals surface area contributed by atoms with Crippen LogP contribution in [0.2, 0.25) is 0 Å². The third-order valence-electron chi connectivity index (χ3n) is 3.44. The van der Waals surface area contributed by atoms with Crippen LogP contribution in [0.3, 0.4) is 0 Å². The first-order valence-corrected chi connectivity index (χ1v) is 6.33. The lowest BCUT2D eigenvalue weighted by atomic mass is 10.0. The van der Waals surface area contributed by atoms with E-state index in [0.717, 1.165) is 6.42 Å². The Labute approximate surface area is 110 Å². The molecule has 0 bridgehead atoms. The summed E-state index contributed by atoms with van der Waals surface area (Å²) in [5, 5.41) is 11.1. The molecule has 0 aliphatic carbocycles. The number of carbonyl (C=O) groups is 1. The van der Waals surface area contributed by atoms with Gasteiger partial charge in [-0.3, -0.25) is 9.69 Å². The van der Waals surface area contributed by atoms with E-state index in [1.807, 2.05) is 13.0 Å². The third-order valence-corrected chi connectivity index (χ3v) is 3.44. The average Bonchev–Trinajstić information content (AvgIpc) is 3.03. The summed E-state index contributed by atoms with van der Waals surface area (Å²) in [6.07, 6.45) is 3.98. The molecule has 5 nitrogen and oxygen atoms in total. The molecule has 2 aromatic rings. The Morgan fingerprint density at radius 1 is 1.42 bits per heavy atom. The Morgan fingerprint density at radius 2 is 2.21 bits per heavy atom. The van der Waals surface area contributed by atoms with Crippen LogP contribution < -0.4 is 0 Å². The van der Waals surface area contributed by atoms with Crippen molar-refractivity contribution in [3.8, 4) is 0 Å². The SMILES string of the molecule is CCCN1C(=O)c2ccccc2[C@@]1(O)c1ncc[nH]1. The van der Waals surface area contributed by atoms with Crippen molar-refractivity contribution in [3.05, 3.63) is 53.6 Å². The highest BCUT2D eigenvalue weighted by Crippen LogP contribution is 2.40. The van der Waals surface area contributed by atoms with Crippen molar-refractivity contribution >= 4 is 5.91 Å². The molecule has 5 heteroatoms. The molecule has 0 fully saturated rings. The van der Waals surface area contributed by atoms with Crippen LogP contribution >= 0.6 is 0 Å². The maximum atomic E-state index is 12.4. The van der Waals surface area contributed by atoms with E-state index in [4.69, 9.17) is 0 Å². The van der Waals surface area contributed by atoms with Crippen LogP contribution in [0.15, 0.2) is 36.7 Å². The number of hydrogen-bond acceptors (Lipinski definition) is 3. The van der Waals surface area contributed by atoms with E-state index < -0.39 is 5.72 Å². The highest BCUT2D eigenvalue weighted by Gasteiger charge is 2.51. The largest absolute Gasteiger partial charge is 0.361 e. The monoisotopic (exact) mass is 257 g/mol. The standard InChI is InChI=1S/C14H15N3O2/c1-2-9-17-12(18)10-5-3-4-6-11(10)14(17,19)13-15-7-8-16-13/h3-8,19H,2,9H2,1H3,(H,15,16)/t14-/m1/s1. The number of nitrogens with one attached hydrogen (secondary N) is 1. The normalized spacial score (nSPS) is 21.8. The number of fused-ring (bicyclic) bond motifs is 1. The minimum atomic E-state index is -1.49. The molecule has 2 heterocycles. The van der Waals surface area contributed by atoms with Gasteiger partial charge in [-0.05, 0) is 12.5 Å². The lowest BCUT2D eigenvalue weighted by Gasteiger charge is -2.32. The number of rotatable bonds is 3. The van der Waals surface area contributed by atoms with Crippen LogP contribution in [0.5, 0.6) is 0 Å². The van der Waals surface area contributed by atoms with Gasteiger partial charge in [0.25, 0.3) is 5.91 Å². The Morgan fingerprint density at radius 3 is 2.89 bits per heavy atom. The second-order valence-corrected chi connectivity index (χ2v) is 4.61. The molecule has 3 rings (SSSR count). The van der Waals surface area contributed by atoms with Gasteiger partial charge in [0.05, 0.1) is 0 Å². The summed E-state index contributed by atoms with van der Waals surface area (Å²) in [6.45, 7) is 2.45. The zero-order valence-corrected chi connectivity index (χ0v) is 10.6. The van der Waals surface area contributed by atoms with Crippen molar-refractivity contribution in [1.82, 2.24) is 14.9 Å². The first kappa shape index (κ1) is 11.9. The quantitative estimate of drug-likeness (QED) is 0.874. The van der Waals surface area contributed by atoms with Gasteiger partial charge in [-0.2, -0.15) is 0 Å². The summed E-state index contributed by atoms with van der Waals surface area (Å²) in [7, 11) is 0. The van der Waals surface area contributed by atoms with E-state index in [0.29, 0.717) is 23.5 Å². The van der Waals surface area contributed by atoms with E-state index in [-0.39, 0.29) is 5.91 Å². The number of aromatic amines is 1. The maximum absolute atomic E-state index is 12.4. The Balaban J connectivity index is 2.22. The van der Waals surface area contributed by atoms with Crippen LogP contribution in [0, 0.1) is 0 Å². The van der Waals surface area contributed by atoms with E-state index in [2.05, 4.69) is 9.97 Å². The van der Waals surface area contributed by atoms with Gasteiger partial charge in [0.1, 0.15) is 0 Å². The van der Waals surface area contributed by atoms with E-state index >= 15 is 0 Å². The Kier molecular flexibility index (Phi) is 2.64. The minimum absolute atomic E-state index is 0.156. The number of amides is 1. The molecule has 1 aromatic heterocycles. The number of nitrogens with zero attached hydrogens (tertiary/aromatic N) is 2. The Hall–Kier alpha value is -2.14. The lowest BCUT2D eigenvalue weighted by molar-refractivity contribution is -0.0557. The van der Waals surface area contributed by atoms with E-state index in [9.17, 15) is 9.90 Å². The fourth-order valence-corrected chi connectivity index (χ4v) is 2.61. The topological polar surface area (TPSA) is 69.2 Å². The highest BCUT2D eigenvalue weighted by atomic mass is 16.3. The predicted molar refractivity (Wildman–Crippen MR) is 69.4 cm³/mol. The zero-order valence-electron chi connectivity index (χ0n) is 10.6. The van der Waals surface area contributed by atoms with E-state index in [1.54, 1.807) is 30.6 Å². The van der Waals surface area contributed by atoms with Gasteiger partial charge in [0.2, 0.25) is 5.72 Å². The summed E-state index contributed by atoms with van der Waals surface area (Å²) < 4.78 is 0. The molecule has 19 heavy (non-hydrogen) atoms. The molecule has 1 amide bonds. The fraction of sp³-hybridized carbons (Fsp3) is 0.286. The molecule has 1 aromatic carbocycles. The molecule has 0 saturated heterocycles. The lowest BCUT2D eigenvalue weighted by Crippen LogP contribution is -2.45. The molecule has 0 saturated carbocycles. The predicted octanol–water partition coefficient (Wildman–Crippen LogP) is 1.47. The molecular weight excluding hydrogens is 242 g/mol. The van der Waals surface area contributed by atoms with Crippen LogP contribution in [0.25, 0.3) is 0 Å². The van der Waals surface area contributed by atoms with Crippen molar-refractivity contribution in [2.24, 2.45) is 0 Å². The van der Waals surface area contributed by atoms with Gasteiger partial charge in [0, 0.05) is 30.1 Å². The van der Waals surface area contributed by atoms with E-state index in [1.165, 1.54) is 4.90 Å². The molecule has 0 spiro atoms. The fourth-order valence-electron chi connectivity index (χ4n) is 2.61. The molecular formula is C14H15N3O2. The van der Waals surface area contributed by atoms with Crippen molar-refractivity contribution in [1.29, 1.82) is 0 Å². The van der Waals surface area contributed by atoms with Crippen LogP contribution in [0.1, 0.15) is 35.1 Å². The second-order valence-electron chi connectivity index (χ2n) is 4.61. The van der Waals surface area contributed by atoms with Gasteiger partial charge in [0.15, 0.2) is 5.82 Å². The molecule has 1 aliphatic rings. The zero-order chi connectivity index (χ0) is 13.5. The highest BCUT2D eigenvalue weighted by molar-refractivity contribution is 6.00. The van der Waals surface area contributed by atoms with Crippen molar-refractivity contribution in [3.63, 3.8) is 0 Å². The number of benzene rings is 1. The van der Waals surface area contributed by atoms with Crippen LogP contribution in [-0.2, 0) is 5.72 Å². The number of imidazole rings is 1. The summed E-state index contributed by atoms with van der Waals surface area (Å²) in [5.41, 5.74) is -0.369. The summed E-state index contributed by atoms with van der Waals surface area (Å²) >= 11 is 0. The van der Waals surface area contributed by atoms with Gasteiger partial charge < -0.3 is 10.1 Å². The minimum Gasteiger partial charge on any atom is -0.361 e. The van der Waals surface area contributed by atoms with Gasteiger partial charge in [-0.25, -0.2) is 4.98 Å². The van der Waals surface area contributed by atoms with Crippen molar-refractivity contribution in [2.45, 2.75) is 19.1 Å². The van der Waals surface area contributed by atoms with Crippen molar-refractivity contribution < 1.29 is 9.90 Å². The van der Waals surface area contributed by atoms with Gasteiger partial charge in [-0.1, -0.05) is 25.1 Å². The van der Waals surface area contributed by atoms with Crippen LogP contribution in [0.4, 0.5) is 0 Å². The molecule has 98 valence electrons. The summed E-state index contributed by atoms with van der Waals surface area (Å²) in [6, 6.07) is 7.12. The Bertz CT molecular complexity index is 609. The first-order valence-electron chi connectivity index (χ1n) is 6.33. The van der Waals surface area contributed by atoms with Crippen LogP contribution in [-0.4, -0.2) is 32.4 Å². The second kappa shape index (κ2) is 4.20. The number of carbonyl (C=O) groups excluding carboxylic acids is 1. The van der Waals surface area contributed by atoms with Gasteiger partial charge in [-0.15, -0.1) is 0 Å². The summed E-state index contributed by atoms with van der Waals surface area (Å²) in [5.74, 6) is 0.218. The molecule has 0 unspecified atom stereocenters. The number of hydrogen-bond donors (Lipinski definition) is 2. The number of aliphatic hydroxyl groups is 1. The molecule has 0 radical (unpaired) electrons. The number of aromatic nitrogens is 2. The number of H-pyrrole nitrogens is 1.